The van der Waals surface area contributed by atoms with Crippen molar-refractivity contribution in [3.63, 3.8) is 0 Å². The Morgan fingerprint density at radius 2 is 1.93 bits per heavy atom. The molecule has 1 fully saturated rings. The first-order valence-electron chi connectivity index (χ1n) is 10.9. The monoisotopic (exact) mass is 411 g/mol. The molecule has 164 valence electrons. The molecular formula is C24H37N5O. The molecule has 3 rings (SSSR count). The molecule has 2 N–H and O–H groups in total. The molecule has 0 amide bonds. The molecule has 1 aromatic carbocycles. The van der Waals surface area contributed by atoms with Gasteiger partial charge in [-0.15, -0.1) is 0 Å². The molecule has 0 bridgehead atoms. The maximum absolute atomic E-state index is 5.48. The molecule has 30 heavy (non-hydrogen) atoms. The fourth-order valence-corrected chi connectivity index (χ4v) is 4.06. The van der Waals surface area contributed by atoms with Crippen LogP contribution in [0.5, 0.6) is 0 Å². The van der Waals surface area contributed by atoms with Crippen LogP contribution in [-0.2, 0) is 19.6 Å². The molecule has 1 aliphatic heterocycles. The van der Waals surface area contributed by atoms with E-state index in [1.54, 1.807) is 6.26 Å². The summed E-state index contributed by atoms with van der Waals surface area (Å²) >= 11 is 0. The van der Waals surface area contributed by atoms with E-state index in [1.807, 2.05) is 19.2 Å². The molecule has 0 spiro atoms. The fraction of sp³-hybridized carbons (Fsp3) is 0.542. The van der Waals surface area contributed by atoms with Gasteiger partial charge in [-0.05, 0) is 50.1 Å². The van der Waals surface area contributed by atoms with Gasteiger partial charge in [-0.2, -0.15) is 0 Å². The third-order valence-electron chi connectivity index (χ3n) is 5.93. The molecule has 1 aliphatic rings. The quantitative estimate of drug-likeness (QED) is 0.516. The number of rotatable bonds is 8. The summed E-state index contributed by atoms with van der Waals surface area (Å²) in [5.74, 6) is 2.46. The first-order chi connectivity index (χ1) is 14.5. The van der Waals surface area contributed by atoms with E-state index < -0.39 is 0 Å². The van der Waals surface area contributed by atoms with Crippen molar-refractivity contribution in [2.75, 3.05) is 27.2 Å². The van der Waals surface area contributed by atoms with Crippen LogP contribution in [0.15, 0.2) is 52.1 Å². The van der Waals surface area contributed by atoms with E-state index in [0.29, 0.717) is 18.0 Å². The van der Waals surface area contributed by atoms with E-state index in [9.17, 15) is 0 Å². The summed E-state index contributed by atoms with van der Waals surface area (Å²) in [6, 6.07) is 13.6. The Morgan fingerprint density at radius 1 is 1.17 bits per heavy atom. The van der Waals surface area contributed by atoms with Gasteiger partial charge in [0.05, 0.1) is 12.8 Å². The van der Waals surface area contributed by atoms with E-state index in [-0.39, 0.29) is 0 Å². The van der Waals surface area contributed by atoms with Gasteiger partial charge in [0.25, 0.3) is 0 Å². The highest BCUT2D eigenvalue weighted by Crippen LogP contribution is 2.19. The molecule has 0 radical (unpaired) electrons. The van der Waals surface area contributed by atoms with Gasteiger partial charge in [-0.1, -0.05) is 31.2 Å². The lowest BCUT2D eigenvalue weighted by molar-refractivity contribution is 0.265. The molecule has 0 saturated carbocycles. The van der Waals surface area contributed by atoms with E-state index in [4.69, 9.17) is 4.42 Å². The fourth-order valence-electron chi connectivity index (χ4n) is 4.06. The van der Waals surface area contributed by atoms with Gasteiger partial charge in [0.2, 0.25) is 0 Å². The second kappa shape index (κ2) is 10.6. The van der Waals surface area contributed by atoms with Crippen molar-refractivity contribution >= 4 is 5.96 Å². The van der Waals surface area contributed by atoms with Crippen LogP contribution in [0.1, 0.15) is 37.7 Å². The van der Waals surface area contributed by atoms with Crippen molar-refractivity contribution < 1.29 is 4.42 Å². The Kier molecular flexibility index (Phi) is 7.94. The molecule has 1 saturated heterocycles. The summed E-state index contributed by atoms with van der Waals surface area (Å²) in [4.78, 5) is 9.26. The van der Waals surface area contributed by atoms with Crippen LogP contribution >= 0.6 is 0 Å². The zero-order valence-electron chi connectivity index (χ0n) is 19.1. The van der Waals surface area contributed by atoms with Gasteiger partial charge in [0.1, 0.15) is 5.76 Å². The third-order valence-corrected chi connectivity index (χ3v) is 5.93. The van der Waals surface area contributed by atoms with Gasteiger partial charge in [0.15, 0.2) is 5.96 Å². The maximum atomic E-state index is 5.48. The summed E-state index contributed by atoms with van der Waals surface area (Å²) in [6.45, 7) is 11.5. The lowest BCUT2D eigenvalue weighted by Gasteiger charge is -2.22. The Hall–Kier alpha value is -2.31. The van der Waals surface area contributed by atoms with Gasteiger partial charge in [-0.3, -0.25) is 14.8 Å². The second-order valence-electron chi connectivity index (χ2n) is 8.72. The van der Waals surface area contributed by atoms with Crippen molar-refractivity contribution in [1.29, 1.82) is 0 Å². The lowest BCUT2D eigenvalue weighted by atomic mass is 10.1. The molecule has 1 aromatic heterocycles. The smallest absolute Gasteiger partial charge is 0.191 e. The van der Waals surface area contributed by atoms with Crippen molar-refractivity contribution in [1.82, 2.24) is 20.4 Å². The molecule has 2 unspecified atom stereocenters. The number of benzene rings is 1. The third kappa shape index (κ3) is 6.09. The van der Waals surface area contributed by atoms with Crippen LogP contribution in [0.3, 0.4) is 0 Å². The number of aliphatic imine (C=N–C) groups is 1. The summed E-state index contributed by atoms with van der Waals surface area (Å²) in [5.41, 5.74) is 2.60. The van der Waals surface area contributed by atoms with Crippen LogP contribution in [0.25, 0.3) is 0 Å². The van der Waals surface area contributed by atoms with Crippen molar-refractivity contribution in [3.05, 3.63) is 59.5 Å². The summed E-state index contributed by atoms with van der Waals surface area (Å²) in [6.07, 6.45) is 1.73. The SMILES string of the molecule is CN=C(NCc1ccccc1CN(C)Cc1ccco1)NC1CN(C(C)C)CC1C. The minimum Gasteiger partial charge on any atom is -0.468 e. The minimum atomic E-state index is 0.424. The summed E-state index contributed by atoms with van der Waals surface area (Å²) in [7, 11) is 3.97. The van der Waals surface area contributed by atoms with E-state index in [1.165, 1.54) is 11.1 Å². The average Bonchev–Trinajstić information content (AvgIpc) is 3.36. The molecule has 2 aromatic rings. The maximum Gasteiger partial charge on any atom is 0.191 e. The number of likely N-dealkylation sites (tertiary alicyclic amines) is 1. The number of nitrogens with zero attached hydrogens (tertiary/aromatic N) is 3. The number of guanidine groups is 1. The Labute approximate surface area is 181 Å². The summed E-state index contributed by atoms with van der Waals surface area (Å²) in [5, 5.41) is 7.15. The Balaban J connectivity index is 1.55. The number of hydrogen-bond donors (Lipinski definition) is 2. The van der Waals surface area contributed by atoms with Crippen LogP contribution in [-0.4, -0.2) is 55.0 Å². The molecule has 0 aliphatic carbocycles. The van der Waals surface area contributed by atoms with Gasteiger partial charge in [0, 0.05) is 45.3 Å². The van der Waals surface area contributed by atoms with Crippen molar-refractivity contribution in [2.45, 2.75) is 52.5 Å². The summed E-state index contributed by atoms with van der Waals surface area (Å²) < 4.78 is 5.48. The number of hydrogen-bond acceptors (Lipinski definition) is 4. The first kappa shape index (κ1) is 22.4. The van der Waals surface area contributed by atoms with E-state index >= 15 is 0 Å². The highest BCUT2D eigenvalue weighted by molar-refractivity contribution is 5.80. The molecule has 2 heterocycles. The topological polar surface area (TPSA) is 56.0 Å². The van der Waals surface area contributed by atoms with E-state index in [0.717, 1.165) is 44.4 Å². The van der Waals surface area contributed by atoms with E-state index in [2.05, 4.69) is 77.5 Å². The molecule has 6 nitrogen and oxygen atoms in total. The average molecular weight is 412 g/mol. The first-order valence-corrected chi connectivity index (χ1v) is 10.9. The highest BCUT2D eigenvalue weighted by atomic mass is 16.3. The largest absolute Gasteiger partial charge is 0.468 e. The predicted octanol–water partition coefficient (Wildman–Crippen LogP) is 3.31. The molecular weight excluding hydrogens is 374 g/mol. The normalized spacial score (nSPS) is 20.3. The van der Waals surface area contributed by atoms with Crippen LogP contribution in [0.4, 0.5) is 0 Å². The lowest BCUT2D eigenvalue weighted by Crippen LogP contribution is -2.46. The second-order valence-corrected chi connectivity index (χ2v) is 8.72. The zero-order chi connectivity index (χ0) is 21.5. The molecule has 6 heteroatoms. The van der Waals surface area contributed by atoms with Crippen molar-refractivity contribution in [2.24, 2.45) is 10.9 Å². The number of furan rings is 1. The van der Waals surface area contributed by atoms with Gasteiger partial charge >= 0.3 is 0 Å². The van der Waals surface area contributed by atoms with Crippen molar-refractivity contribution in [3.8, 4) is 0 Å². The molecule has 2 atom stereocenters. The number of nitrogens with one attached hydrogen (secondary N) is 2. The highest BCUT2D eigenvalue weighted by Gasteiger charge is 2.31. The van der Waals surface area contributed by atoms with Gasteiger partial charge in [-0.25, -0.2) is 0 Å². The van der Waals surface area contributed by atoms with Crippen LogP contribution in [0, 0.1) is 5.92 Å². The minimum absolute atomic E-state index is 0.424. The zero-order valence-corrected chi connectivity index (χ0v) is 19.1. The Bertz CT molecular complexity index is 802. The van der Waals surface area contributed by atoms with Gasteiger partial charge < -0.3 is 15.1 Å². The van der Waals surface area contributed by atoms with Crippen LogP contribution in [0.2, 0.25) is 0 Å². The predicted molar refractivity (Wildman–Crippen MR) is 123 cm³/mol. The standard InChI is InChI=1S/C24H37N5O/c1-18(2)29-14-19(3)23(17-29)27-24(25-4)26-13-20-9-6-7-10-21(20)15-28(5)16-22-11-8-12-30-22/h6-12,18-19,23H,13-17H2,1-5H3,(H2,25,26,27). The van der Waals surface area contributed by atoms with Crippen LogP contribution < -0.4 is 10.6 Å². The Morgan fingerprint density at radius 3 is 2.57 bits per heavy atom.